The molecule has 0 unspecified atom stereocenters. The number of rotatable bonds is 5. The molecule has 0 saturated carbocycles. The van der Waals surface area contributed by atoms with Gasteiger partial charge >= 0.3 is 0 Å². The molecule has 1 rings (SSSR count). The van der Waals surface area contributed by atoms with Crippen molar-refractivity contribution >= 4 is 37.5 Å². The molecule has 0 amide bonds. The van der Waals surface area contributed by atoms with Crippen LogP contribution in [0.1, 0.15) is 12.0 Å². The highest BCUT2D eigenvalue weighted by molar-refractivity contribution is 14.1. The predicted octanol–water partition coefficient (Wildman–Crippen LogP) is 2.39. The zero-order chi connectivity index (χ0) is 12.7. The van der Waals surface area contributed by atoms with Gasteiger partial charge in [-0.1, -0.05) is 58.1 Å². The van der Waals surface area contributed by atoms with Crippen LogP contribution >= 0.6 is 22.6 Å². The van der Waals surface area contributed by atoms with E-state index in [9.17, 15) is 8.42 Å². The fourth-order valence-electron chi connectivity index (χ4n) is 1.13. The normalized spacial score (nSPS) is 12.5. The van der Waals surface area contributed by atoms with Gasteiger partial charge < -0.3 is 4.84 Å². The Kier molecular flexibility index (Phi) is 5.90. The van der Waals surface area contributed by atoms with E-state index >= 15 is 0 Å². The largest absolute Gasteiger partial charge is 0.390 e. The third-order valence-electron chi connectivity index (χ3n) is 1.98. The highest BCUT2D eigenvalue weighted by atomic mass is 127. The maximum atomic E-state index is 11.3. The summed E-state index contributed by atoms with van der Waals surface area (Å²) in [6, 6.07) is 9.49. The first kappa shape index (κ1) is 14.4. The number of benzene rings is 1. The van der Waals surface area contributed by atoms with E-state index in [1.807, 2.05) is 30.3 Å². The summed E-state index contributed by atoms with van der Waals surface area (Å²) in [6.45, 7) is 0.279. The van der Waals surface area contributed by atoms with E-state index in [1.54, 1.807) is 0 Å². The lowest BCUT2D eigenvalue weighted by molar-refractivity contribution is 0.131. The first-order chi connectivity index (χ1) is 8.04. The Labute approximate surface area is 115 Å². The summed E-state index contributed by atoms with van der Waals surface area (Å²) in [5.41, 5.74) is 0.957. The van der Waals surface area contributed by atoms with Gasteiger partial charge in [0.25, 0.3) is 0 Å². The standard InChI is InChI=1S/C11H14INO3S/c1-17(14,15)11(7-8-12)13-16-9-10-5-3-2-4-6-10/h2-6H,7-9H2,1H3/b13-11-. The van der Waals surface area contributed by atoms with Crippen molar-refractivity contribution in [3.63, 3.8) is 0 Å². The second kappa shape index (κ2) is 6.95. The number of alkyl halides is 1. The Bertz CT molecular complexity index is 471. The van der Waals surface area contributed by atoms with Gasteiger partial charge in [0.05, 0.1) is 0 Å². The van der Waals surface area contributed by atoms with Crippen LogP contribution in [0, 0.1) is 0 Å². The van der Waals surface area contributed by atoms with E-state index in [1.165, 1.54) is 0 Å². The van der Waals surface area contributed by atoms with Gasteiger partial charge in [-0.25, -0.2) is 8.42 Å². The van der Waals surface area contributed by atoms with Gasteiger partial charge in [-0.05, 0) is 5.56 Å². The topological polar surface area (TPSA) is 55.7 Å². The number of hydrogen-bond donors (Lipinski definition) is 0. The van der Waals surface area contributed by atoms with Crippen LogP contribution in [-0.4, -0.2) is 24.1 Å². The fraction of sp³-hybridized carbons (Fsp3) is 0.364. The van der Waals surface area contributed by atoms with Crippen LogP contribution in [-0.2, 0) is 21.3 Å². The second-order valence-electron chi connectivity index (χ2n) is 3.46. The molecule has 4 nitrogen and oxygen atoms in total. The maximum absolute atomic E-state index is 11.3. The second-order valence-corrected chi connectivity index (χ2v) is 6.55. The molecule has 0 bridgehead atoms. The van der Waals surface area contributed by atoms with Crippen molar-refractivity contribution in [2.75, 3.05) is 10.7 Å². The van der Waals surface area contributed by atoms with Crippen LogP contribution in [0.5, 0.6) is 0 Å². The lowest BCUT2D eigenvalue weighted by Gasteiger charge is -2.03. The smallest absolute Gasteiger partial charge is 0.192 e. The highest BCUT2D eigenvalue weighted by Crippen LogP contribution is 2.04. The Balaban J connectivity index is 2.62. The number of nitrogens with zero attached hydrogens (tertiary/aromatic N) is 1. The van der Waals surface area contributed by atoms with Crippen LogP contribution in [0.3, 0.4) is 0 Å². The summed E-state index contributed by atoms with van der Waals surface area (Å²) in [5, 5.41) is 3.80. The van der Waals surface area contributed by atoms with Crippen molar-refractivity contribution in [1.82, 2.24) is 0 Å². The molecule has 0 aromatic heterocycles. The van der Waals surface area contributed by atoms with Crippen molar-refractivity contribution in [3.8, 4) is 0 Å². The van der Waals surface area contributed by atoms with Crippen LogP contribution in [0.25, 0.3) is 0 Å². The molecule has 0 heterocycles. The summed E-state index contributed by atoms with van der Waals surface area (Å²) in [4.78, 5) is 5.07. The molecule has 17 heavy (non-hydrogen) atoms. The fourth-order valence-corrected chi connectivity index (χ4v) is 2.67. The van der Waals surface area contributed by atoms with Crippen molar-refractivity contribution in [2.45, 2.75) is 13.0 Å². The number of oxime groups is 1. The minimum absolute atomic E-state index is 0.0998. The molecular weight excluding hydrogens is 353 g/mol. The SMILES string of the molecule is CS(=O)(=O)/C(CCI)=N\OCc1ccccc1. The molecular formula is C11H14INO3S. The van der Waals surface area contributed by atoms with Gasteiger partial charge in [0.15, 0.2) is 14.9 Å². The zero-order valence-corrected chi connectivity index (χ0v) is 12.4. The van der Waals surface area contributed by atoms with Crippen molar-refractivity contribution in [1.29, 1.82) is 0 Å². The molecule has 0 spiro atoms. The molecule has 1 aromatic rings. The van der Waals surface area contributed by atoms with E-state index < -0.39 is 9.84 Å². The molecule has 0 atom stereocenters. The van der Waals surface area contributed by atoms with Gasteiger partial charge in [-0.15, -0.1) is 0 Å². The zero-order valence-electron chi connectivity index (χ0n) is 9.47. The molecule has 0 aliphatic rings. The molecule has 0 radical (unpaired) electrons. The van der Waals surface area contributed by atoms with Gasteiger partial charge in [0.2, 0.25) is 0 Å². The monoisotopic (exact) mass is 367 g/mol. The average Bonchev–Trinajstić information content (AvgIpc) is 2.28. The third kappa shape index (κ3) is 5.49. The van der Waals surface area contributed by atoms with Gasteiger partial charge in [-0.2, -0.15) is 0 Å². The molecule has 94 valence electrons. The average molecular weight is 367 g/mol. The van der Waals surface area contributed by atoms with Crippen LogP contribution in [0.2, 0.25) is 0 Å². The van der Waals surface area contributed by atoms with Gasteiger partial charge in [0.1, 0.15) is 6.61 Å². The first-order valence-corrected chi connectivity index (χ1v) is 8.44. The Morgan fingerprint density at radius 2 is 2.00 bits per heavy atom. The molecule has 6 heteroatoms. The molecule has 0 fully saturated rings. The third-order valence-corrected chi connectivity index (χ3v) is 3.65. The van der Waals surface area contributed by atoms with Crippen LogP contribution < -0.4 is 0 Å². The first-order valence-electron chi connectivity index (χ1n) is 5.03. The van der Waals surface area contributed by atoms with E-state index in [0.717, 1.165) is 11.8 Å². The minimum Gasteiger partial charge on any atom is -0.390 e. The van der Waals surface area contributed by atoms with E-state index in [0.29, 0.717) is 10.8 Å². The quantitative estimate of drug-likeness (QED) is 0.264. The Morgan fingerprint density at radius 3 is 2.53 bits per heavy atom. The van der Waals surface area contributed by atoms with Crippen molar-refractivity contribution in [2.24, 2.45) is 5.16 Å². The predicted molar refractivity (Wildman–Crippen MR) is 77.0 cm³/mol. The highest BCUT2D eigenvalue weighted by Gasteiger charge is 2.13. The Hall–Kier alpha value is -0.630. The molecule has 1 aromatic carbocycles. The van der Waals surface area contributed by atoms with Crippen molar-refractivity contribution < 1.29 is 13.3 Å². The summed E-state index contributed by atoms with van der Waals surface area (Å²) >= 11 is 2.11. The number of sulfone groups is 1. The van der Waals surface area contributed by atoms with E-state index in [-0.39, 0.29) is 11.7 Å². The summed E-state index contributed by atoms with van der Waals surface area (Å²) in [7, 11) is -3.26. The van der Waals surface area contributed by atoms with E-state index in [2.05, 4.69) is 27.7 Å². The van der Waals surface area contributed by atoms with Gasteiger partial charge in [0, 0.05) is 17.1 Å². The lowest BCUT2D eigenvalue weighted by atomic mass is 10.2. The summed E-state index contributed by atoms with van der Waals surface area (Å²) in [6.07, 6.45) is 1.54. The molecule has 0 aliphatic carbocycles. The molecule has 0 saturated heterocycles. The number of halogens is 1. The van der Waals surface area contributed by atoms with E-state index in [4.69, 9.17) is 4.84 Å². The Morgan fingerprint density at radius 1 is 1.35 bits per heavy atom. The van der Waals surface area contributed by atoms with Crippen LogP contribution in [0.4, 0.5) is 0 Å². The molecule has 0 aliphatic heterocycles. The summed E-state index contributed by atoms with van der Waals surface area (Å²) in [5.74, 6) is 0. The maximum Gasteiger partial charge on any atom is 0.192 e. The van der Waals surface area contributed by atoms with Crippen molar-refractivity contribution in [3.05, 3.63) is 35.9 Å². The number of hydrogen-bond acceptors (Lipinski definition) is 4. The minimum atomic E-state index is -3.26. The van der Waals surface area contributed by atoms with Gasteiger partial charge in [-0.3, -0.25) is 0 Å². The van der Waals surface area contributed by atoms with Crippen LogP contribution in [0.15, 0.2) is 35.5 Å². The molecule has 0 N–H and O–H groups in total. The summed E-state index contributed by atoms with van der Waals surface area (Å²) < 4.78 is 23.4. The lowest BCUT2D eigenvalue weighted by Crippen LogP contribution is -2.14.